The second-order valence-electron chi connectivity index (χ2n) is 6.05. The lowest BCUT2D eigenvalue weighted by Gasteiger charge is -2.16. The van der Waals surface area contributed by atoms with Gasteiger partial charge in [0.05, 0.1) is 0 Å². The van der Waals surface area contributed by atoms with Gasteiger partial charge in [-0.05, 0) is 30.7 Å². The lowest BCUT2D eigenvalue weighted by atomic mass is 10.2. The maximum Gasteiger partial charge on any atom is 0.262 e. The average molecular weight is 354 g/mol. The molecular formula is C19H18N2O5. The van der Waals surface area contributed by atoms with Gasteiger partial charge < -0.3 is 24.4 Å². The Morgan fingerprint density at radius 3 is 2.88 bits per heavy atom. The predicted octanol–water partition coefficient (Wildman–Crippen LogP) is 2.56. The quantitative estimate of drug-likeness (QED) is 0.893. The Kier molecular flexibility index (Phi) is 4.35. The molecular weight excluding hydrogens is 336 g/mol. The number of hydrogen-bond donors (Lipinski definition) is 1. The molecule has 2 aromatic carbocycles. The largest absolute Gasteiger partial charge is 0.484 e. The van der Waals surface area contributed by atoms with E-state index in [0.29, 0.717) is 35.9 Å². The highest BCUT2D eigenvalue weighted by Gasteiger charge is 2.22. The average Bonchev–Trinajstić information content (AvgIpc) is 3.28. The molecule has 0 atom stereocenters. The molecule has 2 aliphatic heterocycles. The molecule has 0 saturated carbocycles. The molecule has 2 amide bonds. The van der Waals surface area contributed by atoms with Crippen LogP contribution >= 0.6 is 0 Å². The Labute approximate surface area is 150 Å². The van der Waals surface area contributed by atoms with E-state index < -0.39 is 0 Å². The summed E-state index contributed by atoms with van der Waals surface area (Å²) < 4.78 is 16.1. The van der Waals surface area contributed by atoms with Crippen molar-refractivity contribution >= 4 is 23.2 Å². The first-order valence-corrected chi connectivity index (χ1v) is 8.42. The summed E-state index contributed by atoms with van der Waals surface area (Å²) in [6, 6.07) is 12.4. The van der Waals surface area contributed by atoms with Crippen LogP contribution in [0.2, 0.25) is 0 Å². The molecule has 7 heteroatoms. The van der Waals surface area contributed by atoms with E-state index in [4.69, 9.17) is 14.2 Å². The Balaban J connectivity index is 1.35. The summed E-state index contributed by atoms with van der Waals surface area (Å²) in [4.78, 5) is 25.7. The van der Waals surface area contributed by atoms with Crippen molar-refractivity contribution in [3.8, 4) is 17.2 Å². The summed E-state index contributed by atoms with van der Waals surface area (Å²) in [6.45, 7) is 0.768. The fraction of sp³-hybridized carbons (Fsp3) is 0.263. The number of amides is 2. The standard InChI is InChI=1S/C19H18N2O5/c22-18(20-13-6-7-16-17(9-13)26-12-25-16)11-24-15-4-1-3-14(10-15)21-8-2-5-19(21)23/h1,3-4,6-7,9-10H,2,5,8,11-12H2,(H,20,22). The minimum atomic E-state index is -0.286. The number of carbonyl (C=O) groups excluding carboxylic acids is 2. The summed E-state index contributed by atoms with van der Waals surface area (Å²) in [5, 5.41) is 2.75. The van der Waals surface area contributed by atoms with Crippen LogP contribution in [-0.2, 0) is 9.59 Å². The topological polar surface area (TPSA) is 77.1 Å². The molecule has 0 spiro atoms. The molecule has 26 heavy (non-hydrogen) atoms. The highest BCUT2D eigenvalue weighted by Crippen LogP contribution is 2.34. The molecule has 0 unspecified atom stereocenters. The van der Waals surface area contributed by atoms with Crippen molar-refractivity contribution in [2.45, 2.75) is 12.8 Å². The van der Waals surface area contributed by atoms with Gasteiger partial charge in [-0.15, -0.1) is 0 Å². The van der Waals surface area contributed by atoms with Crippen LogP contribution in [0.1, 0.15) is 12.8 Å². The van der Waals surface area contributed by atoms with Crippen molar-refractivity contribution in [1.82, 2.24) is 0 Å². The monoisotopic (exact) mass is 354 g/mol. The van der Waals surface area contributed by atoms with Gasteiger partial charge in [-0.25, -0.2) is 0 Å². The minimum Gasteiger partial charge on any atom is -0.484 e. The minimum absolute atomic E-state index is 0.114. The number of rotatable bonds is 5. The van der Waals surface area contributed by atoms with Gasteiger partial charge in [0.2, 0.25) is 12.7 Å². The number of ether oxygens (including phenoxy) is 3. The van der Waals surface area contributed by atoms with Crippen LogP contribution in [0.15, 0.2) is 42.5 Å². The molecule has 2 heterocycles. The molecule has 0 aromatic heterocycles. The molecule has 0 bridgehead atoms. The summed E-state index contributed by atoms with van der Waals surface area (Å²) in [5.41, 5.74) is 1.40. The molecule has 2 aromatic rings. The molecule has 7 nitrogen and oxygen atoms in total. The van der Waals surface area contributed by atoms with Crippen LogP contribution in [0.25, 0.3) is 0 Å². The normalized spacial score (nSPS) is 15.2. The van der Waals surface area contributed by atoms with E-state index in [9.17, 15) is 9.59 Å². The summed E-state index contributed by atoms with van der Waals surface area (Å²) in [7, 11) is 0. The zero-order valence-electron chi connectivity index (χ0n) is 14.1. The van der Waals surface area contributed by atoms with E-state index in [-0.39, 0.29) is 25.2 Å². The van der Waals surface area contributed by atoms with Crippen molar-refractivity contribution < 1.29 is 23.8 Å². The van der Waals surface area contributed by atoms with Gasteiger partial charge in [0.15, 0.2) is 18.1 Å². The van der Waals surface area contributed by atoms with Crippen LogP contribution in [0.4, 0.5) is 11.4 Å². The first-order valence-electron chi connectivity index (χ1n) is 8.42. The predicted molar refractivity (Wildman–Crippen MR) is 94.7 cm³/mol. The van der Waals surface area contributed by atoms with Crippen molar-refractivity contribution in [3.05, 3.63) is 42.5 Å². The molecule has 2 aliphatic rings. The maximum absolute atomic E-state index is 12.1. The number of nitrogens with zero attached hydrogens (tertiary/aromatic N) is 1. The van der Waals surface area contributed by atoms with Gasteiger partial charge in [-0.2, -0.15) is 0 Å². The van der Waals surface area contributed by atoms with Gasteiger partial charge in [0, 0.05) is 36.5 Å². The fourth-order valence-corrected chi connectivity index (χ4v) is 2.98. The van der Waals surface area contributed by atoms with E-state index in [1.54, 1.807) is 35.2 Å². The zero-order valence-corrected chi connectivity index (χ0v) is 14.1. The van der Waals surface area contributed by atoms with Crippen molar-refractivity contribution in [2.75, 3.05) is 30.2 Å². The lowest BCUT2D eigenvalue weighted by Crippen LogP contribution is -2.24. The van der Waals surface area contributed by atoms with Gasteiger partial charge in [-0.3, -0.25) is 9.59 Å². The molecule has 1 saturated heterocycles. The molecule has 4 rings (SSSR count). The summed E-state index contributed by atoms with van der Waals surface area (Å²) in [6.07, 6.45) is 1.44. The number of hydrogen-bond acceptors (Lipinski definition) is 5. The Morgan fingerprint density at radius 1 is 1.15 bits per heavy atom. The van der Waals surface area contributed by atoms with Crippen LogP contribution in [0.5, 0.6) is 17.2 Å². The Hall–Kier alpha value is -3.22. The highest BCUT2D eigenvalue weighted by molar-refractivity contribution is 5.95. The van der Waals surface area contributed by atoms with Gasteiger partial charge in [-0.1, -0.05) is 6.07 Å². The van der Waals surface area contributed by atoms with Gasteiger partial charge >= 0.3 is 0 Å². The number of benzene rings is 2. The maximum atomic E-state index is 12.1. The van der Waals surface area contributed by atoms with E-state index in [1.807, 2.05) is 12.1 Å². The third kappa shape index (κ3) is 3.42. The second-order valence-corrected chi connectivity index (χ2v) is 6.05. The van der Waals surface area contributed by atoms with E-state index in [2.05, 4.69) is 5.32 Å². The number of nitrogens with one attached hydrogen (secondary N) is 1. The Morgan fingerprint density at radius 2 is 2.04 bits per heavy atom. The first-order chi connectivity index (χ1) is 12.7. The van der Waals surface area contributed by atoms with Crippen LogP contribution < -0.4 is 24.4 Å². The third-order valence-corrected chi connectivity index (χ3v) is 4.23. The first kappa shape index (κ1) is 16.3. The van der Waals surface area contributed by atoms with Crippen LogP contribution in [0, 0.1) is 0 Å². The van der Waals surface area contributed by atoms with E-state index >= 15 is 0 Å². The third-order valence-electron chi connectivity index (χ3n) is 4.23. The van der Waals surface area contributed by atoms with Crippen LogP contribution in [0.3, 0.4) is 0 Å². The smallest absolute Gasteiger partial charge is 0.262 e. The van der Waals surface area contributed by atoms with E-state index in [1.165, 1.54) is 0 Å². The molecule has 0 aliphatic carbocycles. The van der Waals surface area contributed by atoms with Crippen LogP contribution in [-0.4, -0.2) is 31.8 Å². The van der Waals surface area contributed by atoms with Gasteiger partial charge in [0.1, 0.15) is 5.75 Å². The fourth-order valence-electron chi connectivity index (χ4n) is 2.98. The van der Waals surface area contributed by atoms with E-state index in [0.717, 1.165) is 12.1 Å². The zero-order chi connectivity index (χ0) is 17.9. The lowest BCUT2D eigenvalue weighted by molar-refractivity contribution is -0.118. The van der Waals surface area contributed by atoms with Crippen molar-refractivity contribution in [3.63, 3.8) is 0 Å². The molecule has 0 radical (unpaired) electrons. The second kappa shape index (κ2) is 6.95. The summed E-state index contributed by atoms with van der Waals surface area (Å²) in [5.74, 6) is 1.64. The molecule has 1 N–H and O–H groups in total. The summed E-state index contributed by atoms with van der Waals surface area (Å²) >= 11 is 0. The molecule has 134 valence electrons. The highest BCUT2D eigenvalue weighted by atomic mass is 16.7. The number of anilines is 2. The van der Waals surface area contributed by atoms with Gasteiger partial charge in [0.25, 0.3) is 5.91 Å². The van der Waals surface area contributed by atoms with Crippen molar-refractivity contribution in [2.24, 2.45) is 0 Å². The SMILES string of the molecule is O=C(COc1cccc(N2CCCC2=O)c1)Nc1ccc2c(c1)OCO2. The van der Waals surface area contributed by atoms with Crippen molar-refractivity contribution in [1.29, 1.82) is 0 Å². The Bertz CT molecular complexity index is 852. The number of carbonyl (C=O) groups is 2. The number of fused-ring (bicyclic) bond motifs is 1. The molecule has 1 fully saturated rings.